The van der Waals surface area contributed by atoms with Crippen LogP contribution in [-0.2, 0) is 30.3 Å². The van der Waals surface area contributed by atoms with E-state index in [0.29, 0.717) is 25.3 Å². The smallest absolute Gasteiger partial charge is 0.306 e. The van der Waals surface area contributed by atoms with E-state index in [1.165, 1.54) is 0 Å². The van der Waals surface area contributed by atoms with Crippen molar-refractivity contribution in [1.29, 1.82) is 0 Å². The number of carbonyl (C=O) groups is 2. The van der Waals surface area contributed by atoms with Crippen LogP contribution in [0.4, 0.5) is 0 Å². The molecular formula is C18H20N4O5. The van der Waals surface area contributed by atoms with Crippen LogP contribution in [0.3, 0.4) is 0 Å². The van der Waals surface area contributed by atoms with Crippen LogP contribution in [0.25, 0.3) is 5.69 Å². The number of cyclic esters (lactones) is 1. The molecule has 4 rings (SSSR count). The summed E-state index contributed by atoms with van der Waals surface area (Å²) in [7, 11) is 0. The van der Waals surface area contributed by atoms with Crippen molar-refractivity contribution in [3.63, 3.8) is 0 Å². The van der Waals surface area contributed by atoms with Gasteiger partial charge in [0.15, 0.2) is 12.4 Å². The molecule has 0 aliphatic carbocycles. The van der Waals surface area contributed by atoms with Crippen molar-refractivity contribution in [3.8, 4) is 5.69 Å². The van der Waals surface area contributed by atoms with Crippen LogP contribution in [0.15, 0.2) is 36.5 Å². The number of carbonyl (C=O) groups excluding carboxylic acids is 2. The van der Waals surface area contributed by atoms with E-state index in [2.05, 4.69) is 10.3 Å². The normalized spacial score (nSPS) is 20.0. The van der Waals surface area contributed by atoms with E-state index in [-0.39, 0.29) is 31.4 Å². The zero-order chi connectivity index (χ0) is 18.6. The van der Waals surface area contributed by atoms with E-state index in [4.69, 9.17) is 14.2 Å². The summed E-state index contributed by atoms with van der Waals surface area (Å²) >= 11 is 0. The summed E-state index contributed by atoms with van der Waals surface area (Å²) in [5.41, 5.74) is 1.50. The molecule has 2 aliphatic heterocycles. The second kappa shape index (κ2) is 7.85. The van der Waals surface area contributed by atoms with Crippen molar-refractivity contribution in [3.05, 3.63) is 42.2 Å². The summed E-state index contributed by atoms with van der Waals surface area (Å²) in [6.45, 7) is 1.46. The number of para-hydroxylation sites is 1. The summed E-state index contributed by atoms with van der Waals surface area (Å²) in [5.74, 6) is -0.620. The van der Waals surface area contributed by atoms with Gasteiger partial charge < -0.3 is 19.1 Å². The molecule has 142 valence electrons. The van der Waals surface area contributed by atoms with E-state index in [0.717, 1.165) is 5.69 Å². The molecule has 2 aliphatic rings. The number of rotatable bonds is 6. The number of nitrogens with zero attached hydrogens (tertiary/aromatic N) is 4. The zero-order valence-corrected chi connectivity index (χ0v) is 14.7. The highest BCUT2D eigenvalue weighted by Crippen LogP contribution is 2.19. The molecule has 2 saturated heterocycles. The Hall–Kier alpha value is -2.78. The lowest BCUT2D eigenvalue weighted by Crippen LogP contribution is -2.43. The Morgan fingerprint density at radius 2 is 2.00 bits per heavy atom. The van der Waals surface area contributed by atoms with Gasteiger partial charge in [0.25, 0.3) is 5.91 Å². The molecule has 2 fully saturated rings. The summed E-state index contributed by atoms with van der Waals surface area (Å²) in [5, 5.41) is 8.28. The third kappa shape index (κ3) is 4.15. The maximum atomic E-state index is 12.8. The molecule has 0 saturated carbocycles. The van der Waals surface area contributed by atoms with E-state index in [1.807, 2.05) is 30.3 Å². The van der Waals surface area contributed by atoms with Gasteiger partial charge in [0.2, 0.25) is 0 Å². The molecule has 0 bridgehead atoms. The molecule has 27 heavy (non-hydrogen) atoms. The Kier molecular flexibility index (Phi) is 5.12. The number of aromatic nitrogens is 3. The minimum Gasteiger partial charge on any atom is -0.452 e. The molecule has 3 heterocycles. The quantitative estimate of drug-likeness (QED) is 0.688. The molecule has 9 heteroatoms. The van der Waals surface area contributed by atoms with E-state index in [1.54, 1.807) is 15.8 Å². The maximum Gasteiger partial charge on any atom is 0.306 e. The predicted molar refractivity (Wildman–Crippen MR) is 91.6 cm³/mol. The van der Waals surface area contributed by atoms with Gasteiger partial charge in [-0.2, -0.15) is 0 Å². The summed E-state index contributed by atoms with van der Waals surface area (Å²) in [4.78, 5) is 25.8. The second-order valence-electron chi connectivity index (χ2n) is 6.40. The average molecular weight is 372 g/mol. The highest BCUT2D eigenvalue weighted by molar-refractivity contribution is 5.86. The molecule has 1 aromatic carbocycles. The molecule has 1 aromatic heterocycles. The van der Waals surface area contributed by atoms with Crippen LogP contribution in [0, 0.1) is 0 Å². The van der Waals surface area contributed by atoms with Gasteiger partial charge in [-0.25, -0.2) is 4.68 Å². The third-order valence-electron chi connectivity index (χ3n) is 4.45. The minimum absolute atomic E-state index is 0.225. The molecule has 2 aromatic rings. The number of benzene rings is 1. The highest BCUT2D eigenvalue weighted by Gasteiger charge is 2.35. The minimum atomic E-state index is -0.761. The largest absolute Gasteiger partial charge is 0.452 e. The Morgan fingerprint density at radius 3 is 2.70 bits per heavy atom. The van der Waals surface area contributed by atoms with Gasteiger partial charge in [0.05, 0.1) is 38.2 Å². The Balaban J connectivity index is 1.49. The monoisotopic (exact) mass is 372 g/mol. The van der Waals surface area contributed by atoms with Crippen LogP contribution >= 0.6 is 0 Å². The fourth-order valence-electron chi connectivity index (χ4n) is 3.10. The molecule has 0 N–H and O–H groups in total. The number of amides is 1. The van der Waals surface area contributed by atoms with Crippen molar-refractivity contribution in [2.45, 2.75) is 31.8 Å². The number of ether oxygens (including phenoxy) is 3. The summed E-state index contributed by atoms with van der Waals surface area (Å²) in [6, 6.07) is 9.58. The first kappa shape index (κ1) is 17.6. The molecule has 1 atom stereocenters. The van der Waals surface area contributed by atoms with Gasteiger partial charge in [0, 0.05) is 12.8 Å². The molecular weight excluding hydrogens is 352 g/mol. The Bertz CT molecular complexity index is 803. The van der Waals surface area contributed by atoms with Crippen LogP contribution in [-0.4, -0.2) is 63.9 Å². The van der Waals surface area contributed by atoms with Gasteiger partial charge in [-0.3, -0.25) is 9.59 Å². The Morgan fingerprint density at radius 1 is 1.22 bits per heavy atom. The Labute approximate surface area is 155 Å². The van der Waals surface area contributed by atoms with Crippen molar-refractivity contribution in [2.24, 2.45) is 0 Å². The zero-order valence-electron chi connectivity index (χ0n) is 14.7. The lowest BCUT2D eigenvalue weighted by atomic mass is 10.2. The van der Waals surface area contributed by atoms with Crippen molar-refractivity contribution in [2.75, 3.05) is 19.8 Å². The standard InChI is InChI=1S/C18H20N4O5/c23-16-7-6-15(27-16)18(24)21(12-17-25-8-9-26-17)10-13-11-22(20-19-13)14-4-2-1-3-5-14/h1-5,11,15,17H,6-10,12H2/t15-/m1/s1. The fourth-order valence-corrected chi connectivity index (χ4v) is 3.10. The first-order chi connectivity index (χ1) is 13.2. The average Bonchev–Trinajstić information content (AvgIpc) is 3.44. The first-order valence-corrected chi connectivity index (χ1v) is 8.87. The highest BCUT2D eigenvalue weighted by atomic mass is 16.7. The lowest BCUT2D eigenvalue weighted by molar-refractivity contribution is -0.156. The van der Waals surface area contributed by atoms with Crippen LogP contribution in [0.5, 0.6) is 0 Å². The van der Waals surface area contributed by atoms with E-state index < -0.39 is 12.4 Å². The number of esters is 1. The lowest BCUT2D eigenvalue weighted by Gasteiger charge is -2.26. The fraction of sp³-hybridized carbons (Fsp3) is 0.444. The number of hydrogen-bond acceptors (Lipinski definition) is 7. The van der Waals surface area contributed by atoms with Crippen molar-refractivity contribution < 1.29 is 23.8 Å². The topological polar surface area (TPSA) is 95.8 Å². The third-order valence-corrected chi connectivity index (χ3v) is 4.45. The summed E-state index contributed by atoms with van der Waals surface area (Å²) in [6.07, 6.45) is 1.16. The van der Waals surface area contributed by atoms with Gasteiger partial charge in [-0.15, -0.1) is 5.10 Å². The SMILES string of the molecule is O=C1CC[C@H](C(=O)N(Cc2cn(-c3ccccc3)nn2)CC2OCCO2)O1. The first-order valence-electron chi connectivity index (χ1n) is 8.87. The molecule has 0 radical (unpaired) electrons. The van der Waals surface area contributed by atoms with Crippen LogP contribution in [0.1, 0.15) is 18.5 Å². The molecule has 0 unspecified atom stereocenters. The van der Waals surface area contributed by atoms with Gasteiger partial charge in [-0.1, -0.05) is 23.4 Å². The van der Waals surface area contributed by atoms with E-state index in [9.17, 15) is 9.59 Å². The van der Waals surface area contributed by atoms with E-state index >= 15 is 0 Å². The predicted octanol–water partition coefficient (Wildman–Crippen LogP) is 0.674. The summed E-state index contributed by atoms with van der Waals surface area (Å²) < 4.78 is 17.7. The maximum absolute atomic E-state index is 12.8. The van der Waals surface area contributed by atoms with Crippen LogP contribution < -0.4 is 0 Å². The molecule has 0 spiro atoms. The number of hydrogen-bond donors (Lipinski definition) is 0. The van der Waals surface area contributed by atoms with Crippen LogP contribution in [0.2, 0.25) is 0 Å². The van der Waals surface area contributed by atoms with Gasteiger partial charge >= 0.3 is 5.97 Å². The second-order valence-corrected chi connectivity index (χ2v) is 6.40. The van der Waals surface area contributed by atoms with Crippen molar-refractivity contribution >= 4 is 11.9 Å². The van der Waals surface area contributed by atoms with Gasteiger partial charge in [0.1, 0.15) is 5.69 Å². The molecule has 9 nitrogen and oxygen atoms in total. The van der Waals surface area contributed by atoms with Gasteiger partial charge in [-0.05, 0) is 12.1 Å². The van der Waals surface area contributed by atoms with Crippen molar-refractivity contribution in [1.82, 2.24) is 19.9 Å². The molecule has 1 amide bonds.